The topological polar surface area (TPSA) is 16.4 Å². The molecule has 0 aliphatic heterocycles. The average molecular weight is 866 g/mol. The molecule has 12 aromatic carbocycles. The van der Waals surface area contributed by atoms with Crippen molar-refractivity contribution in [2.75, 3.05) is 4.90 Å². The van der Waals surface area contributed by atoms with E-state index >= 15 is 0 Å². The van der Waals surface area contributed by atoms with Gasteiger partial charge in [0.1, 0.15) is 11.2 Å². The number of fused-ring (bicyclic) bond motifs is 7. The second-order valence-electron chi connectivity index (χ2n) is 17.6. The smallest absolute Gasteiger partial charge is 0.136 e. The van der Waals surface area contributed by atoms with E-state index in [1.54, 1.807) is 0 Å². The van der Waals surface area contributed by atoms with E-state index in [9.17, 15) is 0 Å². The fourth-order valence-electron chi connectivity index (χ4n) is 10.3. The summed E-state index contributed by atoms with van der Waals surface area (Å²) in [5.74, 6) is 0. The minimum atomic E-state index is 0.892. The van der Waals surface area contributed by atoms with Crippen molar-refractivity contribution in [1.82, 2.24) is 0 Å². The zero-order valence-corrected chi connectivity index (χ0v) is 37.2. The molecule has 0 N–H and O–H groups in total. The summed E-state index contributed by atoms with van der Waals surface area (Å²) in [5.41, 5.74) is 16.7. The van der Waals surface area contributed by atoms with Gasteiger partial charge in [-0.05, 0) is 137 Å². The first-order valence-electron chi connectivity index (χ1n) is 23.3. The molecule has 0 aliphatic carbocycles. The summed E-state index contributed by atoms with van der Waals surface area (Å²) in [7, 11) is 0. The maximum absolute atomic E-state index is 6.32. The largest absolute Gasteiger partial charge is 0.456 e. The minimum absolute atomic E-state index is 0.892. The number of rotatable bonds is 8. The molecule has 0 unspecified atom stereocenters. The zero-order valence-electron chi connectivity index (χ0n) is 37.2. The number of hydrogen-bond acceptors (Lipinski definition) is 2. The second kappa shape index (κ2) is 16.5. The van der Waals surface area contributed by atoms with Gasteiger partial charge < -0.3 is 9.32 Å². The summed E-state index contributed by atoms with van der Waals surface area (Å²) in [5, 5.41) is 9.75. The fraction of sp³-hybridized carbons (Fsp3) is 0. The van der Waals surface area contributed by atoms with Crippen LogP contribution in [0.4, 0.5) is 17.1 Å². The van der Waals surface area contributed by atoms with Gasteiger partial charge in [-0.3, -0.25) is 0 Å². The molecule has 0 fully saturated rings. The normalized spacial score (nSPS) is 11.5. The van der Waals surface area contributed by atoms with Crippen LogP contribution in [0.3, 0.4) is 0 Å². The standard InChI is InChI=1S/C66H43NO/c1-2-13-48(14-3-1)58-39-34-52(63-41-51-16-5-7-19-57(51)59-20-8-9-21-60(59)63)42-64(58)67(54-37-31-46(32-38-54)50-33-40-62-61-22-10-11-24-65(61)68-66(62)43-50)53-35-29-45(30-36-53)44-25-27-49(28-26-44)56-23-12-17-47-15-4-6-18-55(47)56/h1-43H. The summed E-state index contributed by atoms with van der Waals surface area (Å²) in [4.78, 5) is 2.43. The van der Waals surface area contributed by atoms with E-state index in [-0.39, 0.29) is 0 Å². The maximum Gasteiger partial charge on any atom is 0.136 e. The van der Waals surface area contributed by atoms with Crippen LogP contribution in [0.2, 0.25) is 0 Å². The Kier molecular flexibility index (Phi) is 9.54. The van der Waals surface area contributed by atoms with Crippen molar-refractivity contribution < 1.29 is 4.42 Å². The van der Waals surface area contributed by atoms with Crippen LogP contribution in [0, 0.1) is 0 Å². The van der Waals surface area contributed by atoms with Crippen molar-refractivity contribution >= 4 is 71.3 Å². The van der Waals surface area contributed by atoms with E-state index in [1.165, 1.54) is 54.6 Å². The lowest BCUT2D eigenvalue weighted by atomic mass is 9.91. The summed E-state index contributed by atoms with van der Waals surface area (Å²) in [6.07, 6.45) is 0. The zero-order chi connectivity index (χ0) is 45.0. The van der Waals surface area contributed by atoms with Gasteiger partial charge in [-0.1, -0.05) is 206 Å². The number of benzene rings is 12. The van der Waals surface area contributed by atoms with Crippen molar-refractivity contribution in [2.45, 2.75) is 0 Å². The van der Waals surface area contributed by atoms with Gasteiger partial charge in [0.15, 0.2) is 0 Å². The summed E-state index contributed by atoms with van der Waals surface area (Å²) in [6, 6.07) is 94.6. The van der Waals surface area contributed by atoms with Crippen LogP contribution in [0.15, 0.2) is 265 Å². The number of para-hydroxylation sites is 1. The van der Waals surface area contributed by atoms with E-state index in [4.69, 9.17) is 4.42 Å². The first-order chi connectivity index (χ1) is 33.7. The lowest BCUT2D eigenvalue weighted by Gasteiger charge is -2.29. The van der Waals surface area contributed by atoms with Gasteiger partial charge in [0.25, 0.3) is 0 Å². The lowest BCUT2D eigenvalue weighted by molar-refractivity contribution is 0.669. The van der Waals surface area contributed by atoms with Gasteiger partial charge in [0.05, 0.1) is 5.69 Å². The molecule has 13 aromatic rings. The molecule has 0 amide bonds. The van der Waals surface area contributed by atoms with Crippen LogP contribution >= 0.6 is 0 Å². The predicted octanol–water partition coefficient (Wildman–Crippen LogP) is 18.9. The van der Waals surface area contributed by atoms with Crippen molar-refractivity contribution in [3.63, 3.8) is 0 Å². The Morgan fingerprint density at radius 3 is 1.50 bits per heavy atom. The molecular weight excluding hydrogens is 823 g/mol. The molecule has 0 radical (unpaired) electrons. The quantitative estimate of drug-likeness (QED) is 0.142. The number of hydrogen-bond donors (Lipinski definition) is 0. The van der Waals surface area contributed by atoms with Crippen molar-refractivity contribution in [3.05, 3.63) is 261 Å². The van der Waals surface area contributed by atoms with Gasteiger partial charge in [0.2, 0.25) is 0 Å². The maximum atomic E-state index is 6.32. The first-order valence-corrected chi connectivity index (χ1v) is 23.3. The van der Waals surface area contributed by atoms with Gasteiger partial charge in [-0.15, -0.1) is 0 Å². The molecule has 0 aliphatic rings. The number of nitrogens with zero attached hydrogens (tertiary/aromatic N) is 1. The molecule has 0 atom stereocenters. The Bertz CT molecular complexity index is 3990. The fourth-order valence-corrected chi connectivity index (χ4v) is 10.3. The third-order valence-corrected chi connectivity index (χ3v) is 13.7. The highest BCUT2D eigenvalue weighted by Gasteiger charge is 2.21. The molecule has 318 valence electrons. The second-order valence-corrected chi connectivity index (χ2v) is 17.6. The minimum Gasteiger partial charge on any atom is -0.456 e. The molecule has 2 nitrogen and oxygen atoms in total. The van der Waals surface area contributed by atoms with Gasteiger partial charge in [-0.25, -0.2) is 0 Å². The van der Waals surface area contributed by atoms with Crippen LogP contribution in [-0.2, 0) is 0 Å². The number of anilines is 3. The summed E-state index contributed by atoms with van der Waals surface area (Å²) < 4.78 is 6.32. The predicted molar refractivity (Wildman–Crippen MR) is 288 cm³/mol. The molecule has 13 rings (SSSR count). The van der Waals surface area contributed by atoms with Gasteiger partial charge in [0, 0.05) is 27.7 Å². The summed E-state index contributed by atoms with van der Waals surface area (Å²) in [6.45, 7) is 0. The highest BCUT2D eigenvalue weighted by molar-refractivity contribution is 6.14. The Hall–Kier alpha value is -8.98. The molecule has 0 bridgehead atoms. The Labute approximate surface area is 395 Å². The monoisotopic (exact) mass is 865 g/mol. The molecule has 2 heteroatoms. The van der Waals surface area contributed by atoms with Crippen LogP contribution in [0.1, 0.15) is 0 Å². The summed E-state index contributed by atoms with van der Waals surface area (Å²) >= 11 is 0. The lowest BCUT2D eigenvalue weighted by Crippen LogP contribution is -2.11. The Balaban J connectivity index is 0.952. The van der Waals surface area contributed by atoms with E-state index in [1.807, 2.05) is 12.1 Å². The molecule has 0 saturated carbocycles. The molecular formula is C66H43NO. The molecule has 0 saturated heterocycles. The number of furan rings is 1. The highest BCUT2D eigenvalue weighted by atomic mass is 16.3. The Morgan fingerprint density at radius 1 is 0.235 bits per heavy atom. The van der Waals surface area contributed by atoms with Crippen molar-refractivity contribution in [1.29, 1.82) is 0 Å². The van der Waals surface area contributed by atoms with Crippen molar-refractivity contribution in [2.24, 2.45) is 0 Å². The molecule has 1 heterocycles. The van der Waals surface area contributed by atoms with E-state index < -0.39 is 0 Å². The molecule has 1 aromatic heterocycles. The average Bonchev–Trinajstić information content (AvgIpc) is 3.79. The first kappa shape index (κ1) is 39.4. The van der Waals surface area contributed by atoms with Crippen LogP contribution in [-0.4, -0.2) is 0 Å². The highest BCUT2D eigenvalue weighted by Crippen LogP contribution is 2.46. The van der Waals surface area contributed by atoms with Gasteiger partial charge in [-0.2, -0.15) is 0 Å². The SMILES string of the molecule is c1ccc(-c2ccc(-c3cc4ccccc4c4ccccc34)cc2N(c2ccc(-c3ccc(-c4cccc5ccccc45)cc3)cc2)c2ccc(-c3ccc4c(c3)oc3ccccc34)cc2)cc1. The van der Waals surface area contributed by atoms with Gasteiger partial charge >= 0.3 is 0 Å². The van der Waals surface area contributed by atoms with Crippen molar-refractivity contribution in [3.8, 4) is 55.6 Å². The molecule has 68 heavy (non-hydrogen) atoms. The van der Waals surface area contributed by atoms with Crippen LogP contribution in [0.25, 0.3) is 110 Å². The van der Waals surface area contributed by atoms with E-state index in [2.05, 4.69) is 254 Å². The van der Waals surface area contributed by atoms with Crippen LogP contribution in [0.5, 0.6) is 0 Å². The van der Waals surface area contributed by atoms with E-state index in [0.717, 1.165) is 72.4 Å². The third kappa shape index (κ3) is 6.90. The molecule has 0 spiro atoms. The van der Waals surface area contributed by atoms with Crippen LogP contribution < -0.4 is 4.90 Å². The third-order valence-electron chi connectivity index (χ3n) is 13.7. The Morgan fingerprint density at radius 2 is 0.750 bits per heavy atom. The van der Waals surface area contributed by atoms with E-state index in [0.29, 0.717) is 0 Å².